The van der Waals surface area contributed by atoms with Crippen LogP contribution in [-0.4, -0.2) is 47.6 Å². The summed E-state index contributed by atoms with van der Waals surface area (Å²) in [6.45, 7) is 8.54. The zero-order chi connectivity index (χ0) is 28.8. The second-order valence-electron chi connectivity index (χ2n) is 10.2. The number of carbonyl (C=O) groups is 2. The normalized spacial score (nSPS) is 11.9. The van der Waals surface area contributed by atoms with E-state index in [0.717, 1.165) is 23.1 Å². The molecular weight excluding hydrogens is 506 g/mol. The summed E-state index contributed by atoms with van der Waals surface area (Å²) in [5, 5.41) is 11.5. The zero-order valence-electron chi connectivity index (χ0n) is 24.0. The van der Waals surface area contributed by atoms with Gasteiger partial charge in [-0.15, -0.1) is 5.10 Å². The first-order valence-electron chi connectivity index (χ1n) is 13.4. The van der Waals surface area contributed by atoms with Gasteiger partial charge in [-0.25, -0.2) is 4.68 Å². The van der Waals surface area contributed by atoms with Gasteiger partial charge < -0.3 is 14.8 Å². The second kappa shape index (κ2) is 12.6. The molecule has 0 spiro atoms. The zero-order valence-corrected chi connectivity index (χ0v) is 24.0. The third kappa shape index (κ3) is 6.09. The maximum Gasteiger partial charge on any atom is 0.249 e. The quantitative estimate of drug-likeness (QED) is 0.286. The van der Waals surface area contributed by atoms with Gasteiger partial charge in [0.1, 0.15) is 18.1 Å². The van der Waals surface area contributed by atoms with Crippen LogP contribution in [0.1, 0.15) is 43.0 Å². The van der Waals surface area contributed by atoms with Gasteiger partial charge in [0.15, 0.2) is 11.5 Å². The lowest BCUT2D eigenvalue weighted by molar-refractivity contribution is -0.127. The van der Waals surface area contributed by atoms with Crippen LogP contribution in [0.5, 0.6) is 11.5 Å². The number of aromatic nitrogens is 3. The number of fused-ring (bicyclic) bond motifs is 1. The summed E-state index contributed by atoms with van der Waals surface area (Å²) in [5.74, 6) is 0.824. The maximum absolute atomic E-state index is 14.3. The van der Waals surface area contributed by atoms with Crippen LogP contribution in [0.3, 0.4) is 0 Å². The highest BCUT2D eigenvalue weighted by molar-refractivity contribution is 6.02. The summed E-state index contributed by atoms with van der Waals surface area (Å²) < 4.78 is 12.6. The van der Waals surface area contributed by atoms with Gasteiger partial charge in [-0.05, 0) is 73.2 Å². The monoisotopic (exact) mass is 543 g/mol. The largest absolute Gasteiger partial charge is 0.493 e. The van der Waals surface area contributed by atoms with Crippen LogP contribution in [0.2, 0.25) is 0 Å². The van der Waals surface area contributed by atoms with Crippen molar-refractivity contribution in [1.29, 1.82) is 0 Å². The molecule has 0 aliphatic heterocycles. The van der Waals surface area contributed by atoms with Crippen molar-refractivity contribution in [3.05, 3.63) is 77.4 Å². The third-order valence-corrected chi connectivity index (χ3v) is 7.06. The Kier molecular flexibility index (Phi) is 9.04. The maximum atomic E-state index is 14.3. The Balaban J connectivity index is 1.85. The van der Waals surface area contributed by atoms with Crippen molar-refractivity contribution in [3.63, 3.8) is 0 Å². The topological polar surface area (TPSA) is 98.6 Å². The highest BCUT2D eigenvalue weighted by atomic mass is 16.5. The number of rotatable bonds is 11. The highest BCUT2D eigenvalue weighted by Crippen LogP contribution is 2.36. The van der Waals surface area contributed by atoms with E-state index in [4.69, 9.17) is 9.47 Å². The van der Waals surface area contributed by atoms with Crippen LogP contribution >= 0.6 is 0 Å². The molecule has 9 nitrogen and oxygen atoms in total. The molecule has 210 valence electrons. The molecular formula is C31H37N5O4. The van der Waals surface area contributed by atoms with Crippen LogP contribution in [-0.2, 0) is 16.1 Å². The fourth-order valence-electron chi connectivity index (χ4n) is 4.67. The Morgan fingerprint density at radius 2 is 1.73 bits per heavy atom. The number of aryl methyl sites for hydroxylation is 1. The van der Waals surface area contributed by atoms with Crippen molar-refractivity contribution in [2.24, 2.45) is 5.92 Å². The summed E-state index contributed by atoms with van der Waals surface area (Å²) in [6.07, 6.45) is 0.812. The number of para-hydroxylation sites is 1. The SMILES string of the molecule is COc1ccc([C@H](C(=O)NCCC(C)C)N(C(=O)Cn2nnc3ccccc32)c2cccc(C)c2C)cc1OC. The minimum absolute atomic E-state index is 0.100. The van der Waals surface area contributed by atoms with Crippen molar-refractivity contribution >= 4 is 28.5 Å². The molecule has 1 heterocycles. The summed E-state index contributed by atoms with van der Waals surface area (Å²) in [6, 6.07) is 17.5. The summed E-state index contributed by atoms with van der Waals surface area (Å²) >= 11 is 0. The van der Waals surface area contributed by atoms with Gasteiger partial charge >= 0.3 is 0 Å². The van der Waals surface area contributed by atoms with Crippen molar-refractivity contribution < 1.29 is 19.1 Å². The molecule has 40 heavy (non-hydrogen) atoms. The van der Waals surface area contributed by atoms with Crippen LogP contribution < -0.4 is 19.7 Å². The molecule has 0 unspecified atom stereocenters. The number of ether oxygens (including phenoxy) is 2. The average Bonchev–Trinajstić information content (AvgIpc) is 3.35. The van der Waals surface area contributed by atoms with Crippen molar-refractivity contribution in [1.82, 2.24) is 20.3 Å². The molecule has 1 atom stereocenters. The van der Waals surface area contributed by atoms with E-state index in [1.165, 1.54) is 0 Å². The lowest BCUT2D eigenvalue weighted by Gasteiger charge is -2.33. The van der Waals surface area contributed by atoms with Crippen molar-refractivity contribution in [2.75, 3.05) is 25.7 Å². The molecule has 4 rings (SSSR count). The van der Waals surface area contributed by atoms with Gasteiger partial charge in [0.2, 0.25) is 11.8 Å². The van der Waals surface area contributed by atoms with Crippen LogP contribution in [0.15, 0.2) is 60.7 Å². The fourth-order valence-corrected chi connectivity index (χ4v) is 4.67. The van der Waals surface area contributed by atoms with E-state index in [0.29, 0.717) is 40.7 Å². The first-order valence-corrected chi connectivity index (χ1v) is 13.4. The summed E-state index contributed by atoms with van der Waals surface area (Å²) in [7, 11) is 3.10. The molecule has 2 amide bonds. The van der Waals surface area contributed by atoms with E-state index in [1.54, 1.807) is 42.0 Å². The number of methoxy groups -OCH3 is 2. The predicted molar refractivity (Wildman–Crippen MR) is 156 cm³/mol. The van der Waals surface area contributed by atoms with E-state index in [1.807, 2.05) is 56.3 Å². The Hall–Kier alpha value is -4.40. The van der Waals surface area contributed by atoms with Crippen LogP contribution in [0, 0.1) is 19.8 Å². The second-order valence-corrected chi connectivity index (χ2v) is 10.2. The average molecular weight is 544 g/mol. The molecule has 9 heteroatoms. The van der Waals surface area contributed by atoms with Crippen molar-refractivity contribution in [3.8, 4) is 11.5 Å². The molecule has 0 saturated heterocycles. The molecule has 0 radical (unpaired) electrons. The number of nitrogens with zero attached hydrogens (tertiary/aromatic N) is 4. The number of hydrogen-bond donors (Lipinski definition) is 1. The summed E-state index contributed by atoms with van der Waals surface area (Å²) in [4.78, 5) is 29.9. The predicted octanol–water partition coefficient (Wildman–Crippen LogP) is 5.00. The van der Waals surface area contributed by atoms with Crippen LogP contribution in [0.4, 0.5) is 5.69 Å². The van der Waals surface area contributed by atoms with E-state index < -0.39 is 6.04 Å². The number of amides is 2. The van der Waals surface area contributed by atoms with Gasteiger partial charge in [0.05, 0.1) is 19.7 Å². The summed E-state index contributed by atoms with van der Waals surface area (Å²) in [5.41, 5.74) is 4.58. The molecule has 0 aliphatic rings. The minimum Gasteiger partial charge on any atom is -0.493 e. The number of hydrogen-bond acceptors (Lipinski definition) is 6. The highest BCUT2D eigenvalue weighted by Gasteiger charge is 2.35. The van der Waals surface area contributed by atoms with Gasteiger partial charge in [0.25, 0.3) is 0 Å². The number of benzene rings is 3. The van der Waals surface area contributed by atoms with Crippen molar-refractivity contribution in [2.45, 2.75) is 46.7 Å². The van der Waals surface area contributed by atoms with Crippen LogP contribution in [0.25, 0.3) is 11.0 Å². The molecule has 0 bridgehead atoms. The Morgan fingerprint density at radius 1 is 0.975 bits per heavy atom. The minimum atomic E-state index is -0.977. The first-order chi connectivity index (χ1) is 19.2. The molecule has 4 aromatic rings. The fraction of sp³-hybridized carbons (Fsp3) is 0.355. The number of carbonyl (C=O) groups excluding carboxylic acids is 2. The lowest BCUT2D eigenvalue weighted by atomic mass is 9.99. The number of anilines is 1. The van der Waals surface area contributed by atoms with E-state index in [9.17, 15) is 9.59 Å². The molecule has 1 N–H and O–H groups in total. The lowest BCUT2D eigenvalue weighted by Crippen LogP contribution is -2.46. The first kappa shape index (κ1) is 28.6. The molecule has 0 fully saturated rings. The van der Waals surface area contributed by atoms with Gasteiger partial charge in [-0.1, -0.05) is 49.4 Å². The van der Waals surface area contributed by atoms with E-state index in [2.05, 4.69) is 29.5 Å². The Morgan fingerprint density at radius 3 is 2.45 bits per heavy atom. The molecule has 0 saturated carbocycles. The van der Waals surface area contributed by atoms with Gasteiger partial charge in [-0.3, -0.25) is 14.5 Å². The molecule has 0 aliphatic carbocycles. The third-order valence-electron chi connectivity index (χ3n) is 7.06. The van der Waals surface area contributed by atoms with E-state index >= 15 is 0 Å². The standard InChI is InChI=1S/C31H37N5O4/c1-20(2)16-17-32-31(38)30(23-14-15-27(39-5)28(18-23)40-6)36(25-13-9-10-21(3)22(25)4)29(37)19-35-26-12-8-7-11-24(26)33-34-35/h7-15,18,20,30H,16-17,19H2,1-6H3,(H,32,38)/t30-/m1/s1. The Bertz CT molecular complexity index is 1500. The smallest absolute Gasteiger partial charge is 0.249 e. The van der Waals surface area contributed by atoms with Gasteiger partial charge in [0, 0.05) is 12.2 Å². The molecule has 3 aromatic carbocycles. The van der Waals surface area contributed by atoms with E-state index in [-0.39, 0.29) is 18.4 Å². The molecule has 1 aromatic heterocycles. The van der Waals surface area contributed by atoms with Gasteiger partial charge in [-0.2, -0.15) is 0 Å². The number of nitrogens with one attached hydrogen (secondary N) is 1. The Labute approximate surface area is 235 Å².